The topological polar surface area (TPSA) is 108 Å². The van der Waals surface area contributed by atoms with Crippen LogP contribution in [0.2, 0.25) is 0 Å². The summed E-state index contributed by atoms with van der Waals surface area (Å²) in [5.74, 6) is 0.470. The first-order chi connectivity index (χ1) is 12.4. The number of rotatable bonds is 2. The lowest BCUT2D eigenvalue weighted by Crippen LogP contribution is -2.42. The molecule has 1 aromatic heterocycles. The predicted molar refractivity (Wildman–Crippen MR) is 90.4 cm³/mol. The summed E-state index contributed by atoms with van der Waals surface area (Å²) in [5, 5.41) is 20.8. The Morgan fingerprint density at radius 1 is 1.04 bits per heavy atom. The smallest absolute Gasteiger partial charge is 0.347 e. The van der Waals surface area contributed by atoms with Crippen LogP contribution < -0.4 is 20.9 Å². The molecule has 0 amide bonds. The van der Waals surface area contributed by atoms with Crippen LogP contribution in [-0.2, 0) is 14.1 Å². The summed E-state index contributed by atoms with van der Waals surface area (Å²) in [6.45, 7) is 0.116. The van der Waals surface area contributed by atoms with Crippen molar-refractivity contribution in [2.45, 2.75) is 24.2 Å². The van der Waals surface area contributed by atoms with Gasteiger partial charge in [0.2, 0.25) is 6.79 Å². The first kappa shape index (κ1) is 16.7. The van der Waals surface area contributed by atoms with Crippen molar-refractivity contribution in [3.8, 4) is 11.5 Å². The van der Waals surface area contributed by atoms with Crippen LogP contribution in [0.25, 0.3) is 0 Å². The van der Waals surface area contributed by atoms with E-state index in [1.54, 1.807) is 24.3 Å². The van der Waals surface area contributed by atoms with Gasteiger partial charge in [0, 0.05) is 20.0 Å². The molecule has 1 aliphatic carbocycles. The van der Waals surface area contributed by atoms with Crippen molar-refractivity contribution in [3.05, 3.63) is 56.9 Å². The number of fused-ring (bicyclic) bond motifs is 1. The van der Waals surface area contributed by atoms with Crippen molar-refractivity contribution in [1.29, 1.82) is 0 Å². The Labute approximate surface area is 147 Å². The maximum absolute atomic E-state index is 12.5. The monoisotopic (exact) mass is 361 g/mol. The number of aliphatic hydroxyl groups excluding tert-OH is 2. The zero-order chi connectivity index (χ0) is 18.6. The molecular weight excluding hydrogens is 342 g/mol. The lowest BCUT2D eigenvalue weighted by molar-refractivity contribution is 0.0108. The van der Waals surface area contributed by atoms with Crippen molar-refractivity contribution in [2.75, 3.05) is 6.79 Å². The number of aromatic nitrogens is 3. The molecule has 9 nitrogen and oxygen atoms in total. The Hall–Kier alpha value is -2.78. The molecular formula is C17H19N3O6. The molecule has 1 aromatic carbocycles. The van der Waals surface area contributed by atoms with Crippen LogP contribution in [0.15, 0.2) is 39.9 Å². The first-order valence-electron chi connectivity index (χ1n) is 8.18. The fourth-order valence-corrected chi connectivity index (χ4v) is 3.62. The van der Waals surface area contributed by atoms with Crippen molar-refractivity contribution in [2.24, 2.45) is 14.1 Å². The van der Waals surface area contributed by atoms with E-state index in [-0.39, 0.29) is 6.79 Å². The Kier molecular flexibility index (Phi) is 3.78. The van der Waals surface area contributed by atoms with Crippen LogP contribution in [-0.4, -0.2) is 43.1 Å². The SMILES string of the molecule is Cn1c(=O)n(C)n([C@H]2C=C[C@@H](O)[C@H](O)[C@@H]2c2ccc3c(c2)OCO3)c1=O. The van der Waals surface area contributed by atoms with E-state index in [1.165, 1.54) is 29.5 Å². The molecule has 0 saturated heterocycles. The van der Waals surface area contributed by atoms with E-state index in [0.29, 0.717) is 17.1 Å². The summed E-state index contributed by atoms with van der Waals surface area (Å²) >= 11 is 0. The van der Waals surface area contributed by atoms with Crippen molar-refractivity contribution in [3.63, 3.8) is 0 Å². The fourth-order valence-electron chi connectivity index (χ4n) is 3.62. The Morgan fingerprint density at radius 2 is 1.77 bits per heavy atom. The third-order valence-electron chi connectivity index (χ3n) is 5.03. The second-order valence-corrected chi connectivity index (χ2v) is 6.49. The fraction of sp³-hybridized carbons (Fsp3) is 0.412. The van der Waals surface area contributed by atoms with E-state index in [0.717, 1.165) is 4.57 Å². The van der Waals surface area contributed by atoms with Crippen LogP contribution in [0, 0.1) is 0 Å². The van der Waals surface area contributed by atoms with E-state index >= 15 is 0 Å². The standard InChI is InChI=1S/C17H19N3O6/c1-18-16(23)19(2)20(17(18)24)10-4-5-11(21)15(22)14(10)9-3-6-12-13(7-9)26-8-25-12/h3-7,10-11,14-15,21-22H,8H2,1-2H3/t10-,11+,14+,15-/m0/s1. The number of benzene rings is 1. The average molecular weight is 361 g/mol. The van der Waals surface area contributed by atoms with Crippen LogP contribution in [0.5, 0.6) is 11.5 Å². The van der Waals surface area contributed by atoms with E-state index in [9.17, 15) is 19.8 Å². The van der Waals surface area contributed by atoms with Crippen LogP contribution >= 0.6 is 0 Å². The van der Waals surface area contributed by atoms with Crippen LogP contribution in [0.3, 0.4) is 0 Å². The number of hydrogen-bond donors (Lipinski definition) is 2. The molecule has 0 unspecified atom stereocenters. The van der Waals surface area contributed by atoms with Gasteiger partial charge in [-0.05, 0) is 17.7 Å². The Bertz CT molecular complexity index is 1000. The maximum atomic E-state index is 12.5. The number of ether oxygens (including phenoxy) is 2. The molecule has 4 rings (SSSR count). The molecule has 9 heteroatoms. The van der Waals surface area contributed by atoms with E-state index in [1.807, 2.05) is 0 Å². The maximum Gasteiger partial charge on any atom is 0.347 e. The van der Waals surface area contributed by atoms with Gasteiger partial charge >= 0.3 is 11.4 Å². The highest BCUT2D eigenvalue weighted by atomic mass is 16.7. The minimum absolute atomic E-state index is 0.116. The van der Waals surface area contributed by atoms with Gasteiger partial charge in [0.05, 0.1) is 18.2 Å². The van der Waals surface area contributed by atoms with Gasteiger partial charge in [0.25, 0.3) is 0 Å². The first-order valence-corrected chi connectivity index (χ1v) is 8.18. The average Bonchev–Trinajstić information content (AvgIpc) is 3.17. The van der Waals surface area contributed by atoms with Gasteiger partial charge in [-0.3, -0.25) is 0 Å². The van der Waals surface area contributed by atoms with E-state index in [2.05, 4.69) is 0 Å². The van der Waals surface area contributed by atoms with Crippen molar-refractivity contribution in [1.82, 2.24) is 13.9 Å². The lowest BCUT2D eigenvalue weighted by atomic mass is 9.80. The van der Waals surface area contributed by atoms with Gasteiger partial charge in [0.1, 0.15) is 0 Å². The minimum Gasteiger partial charge on any atom is -0.454 e. The van der Waals surface area contributed by atoms with Gasteiger partial charge in [-0.2, -0.15) is 0 Å². The Balaban J connectivity index is 1.88. The molecule has 138 valence electrons. The molecule has 2 N–H and O–H groups in total. The summed E-state index contributed by atoms with van der Waals surface area (Å²) < 4.78 is 14.2. The molecule has 4 atom stereocenters. The number of nitrogens with zero attached hydrogens (tertiary/aromatic N) is 3. The highest BCUT2D eigenvalue weighted by Gasteiger charge is 2.39. The number of aliphatic hydroxyl groups is 2. The molecule has 2 heterocycles. The second kappa shape index (κ2) is 5.89. The van der Waals surface area contributed by atoms with Crippen molar-refractivity contribution >= 4 is 0 Å². The molecule has 26 heavy (non-hydrogen) atoms. The number of hydrogen-bond acceptors (Lipinski definition) is 6. The van der Waals surface area contributed by atoms with E-state index in [4.69, 9.17) is 9.47 Å². The largest absolute Gasteiger partial charge is 0.454 e. The summed E-state index contributed by atoms with van der Waals surface area (Å²) in [6.07, 6.45) is 0.821. The van der Waals surface area contributed by atoms with Gasteiger partial charge in [-0.25, -0.2) is 23.5 Å². The van der Waals surface area contributed by atoms with Gasteiger partial charge in [0.15, 0.2) is 11.5 Å². The molecule has 2 aliphatic rings. The van der Waals surface area contributed by atoms with E-state index < -0.39 is 35.5 Å². The third kappa shape index (κ3) is 2.31. The minimum atomic E-state index is -1.16. The highest BCUT2D eigenvalue weighted by Crippen LogP contribution is 2.41. The van der Waals surface area contributed by atoms with Gasteiger partial charge in [-0.15, -0.1) is 0 Å². The van der Waals surface area contributed by atoms with Crippen LogP contribution in [0.1, 0.15) is 17.5 Å². The third-order valence-corrected chi connectivity index (χ3v) is 5.03. The molecule has 0 radical (unpaired) electrons. The summed E-state index contributed by atoms with van der Waals surface area (Å²) in [5.41, 5.74) is -0.298. The van der Waals surface area contributed by atoms with Crippen LogP contribution in [0.4, 0.5) is 0 Å². The zero-order valence-electron chi connectivity index (χ0n) is 14.3. The summed E-state index contributed by atoms with van der Waals surface area (Å²) in [4.78, 5) is 24.7. The normalized spacial score (nSPS) is 27.1. The second-order valence-electron chi connectivity index (χ2n) is 6.49. The summed E-state index contributed by atoms with van der Waals surface area (Å²) in [6, 6.07) is 4.55. The zero-order valence-corrected chi connectivity index (χ0v) is 14.3. The quantitative estimate of drug-likeness (QED) is 0.680. The van der Waals surface area contributed by atoms with Crippen molar-refractivity contribution < 1.29 is 19.7 Å². The highest BCUT2D eigenvalue weighted by molar-refractivity contribution is 5.46. The predicted octanol–water partition coefficient (Wildman–Crippen LogP) is -0.769. The molecule has 0 saturated carbocycles. The Morgan fingerprint density at radius 3 is 2.46 bits per heavy atom. The summed E-state index contributed by atoms with van der Waals surface area (Å²) in [7, 11) is 2.89. The molecule has 0 spiro atoms. The number of allylic oxidation sites excluding steroid dienone is 1. The molecule has 2 aromatic rings. The molecule has 0 bridgehead atoms. The lowest BCUT2D eigenvalue weighted by Gasteiger charge is -2.35. The van der Waals surface area contributed by atoms with Gasteiger partial charge < -0.3 is 19.7 Å². The molecule has 0 fully saturated rings. The van der Waals surface area contributed by atoms with Gasteiger partial charge in [-0.1, -0.05) is 18.2 Å². The molecule has 1 aliphatic heterocycles.